The number of aryl methyl sites for hydroxylation is 1. The quantitative estimate of drug-likeness (QED) is 0.775. The van der Waals surface area contributed by atoms with Crippen molar-refractivity contribution in [2.24, 2.45) is 5.73 Å². The van der Waals surface area contributed by atoms with E-state index in [1.807, 2.05) is 25.1 Å². The van der Waals surface area contributed by atoms with Crippen molar-refractivity contribution in [2.75, 3.05) is 7.11 Å². The minimum Gasteiger partial charge on any atom is -0.465 e. The molecule has 1 aromatic rings. The molecule has 3 nitrogen and oxygen atoms in total. The summed E-state index contributed by atoms with van der Waals surface area (Å²) in [6, 6.07) is 5.76. The first-order chi connectivity index (χ1) is 7.57. The maximum Gasteiger partial charge on any atom is 0.338 e. The SMILES string of the molecule is COC(=O)c1ccc(C2(N)CCC2)cc1C. The normalized spacial score (nSPS) is 17.7. The third-order valence-corrected chi connectivity index (χ3v) is 3.45. The van der Waals surface area contributed by atoms with Crippen LogP contribution < -0.4 is 5.73 Å². The van der Waals surface area contributed by atoms with Crippen molar-refractivity contribution in [3.8, 4) is 0 Å². The van der Waals surface area contributed by atoms with E-state index in [0.717, 1.165) is 24.0 Å². The van der Waals surface area contributed by atoms with Crippen LogP contribution in [0.5, 0.6) is 0 Å². The van der Waals surface area contributed by atoms with Crippen LogP contribution in [0.15, 0.2) is 18.2 Å². The zero-order chi connectivity index (χ0) is 11.8. The van der Waals surface area contributed by atoms with Crippen LogP contribution in [-0.4, -0.2) is 13.1 Å². The maximum atomic E-state index is 11.4. The van der Waals surface area contributed by atoms with Gasteiger partial charge in [0.25, 0.3) is 0 Å². The van der Waals surface area contributed by atoms with Crippen LogP contribution >= 0.6 is 0 Å². The number of rotatable bonds is 2. The molecule has 86 valence electrons. The third kappa shape index (κ3) is 1.71. The summed E-state index contributed by atoms with van der Waals surface area (Å²) in [7, 11) is 1.39. The molecule has 16 heavy (non-hydrogen) atoms. The van der Waals surface area contributed by atoms with Crippen molar-refractivity contribution in [2.45, 2.75) is 31.7 Å². The number of hydrogen-bond acceptors (Lipinski definition) is 3. The van der Waals surface area contributed by atoms with Gasteiger partial charge in [-0.05, 0) is 43.4 Å². The first kappa shape index (κ1) is 11.1. The number of carbonyl (C=O) groups is 1. The second-order valence-corrected chi connectivity index (χ2v) is 4.53. The molecule has 1 fully saturated rings. The molecule has 0 aliphatic heterocycles. The lowest BCUT2D eigenvalue weighted by Gasteiger charge is -2.38. The highest BCUT2D eigenvalue weighted by Gasteiger charge is 2.34. The summed E-state index contributed by atoms with van der Waals surface area (Å²) in [5.74, 6) is -0.288. The van der Waals surface area contributed by atoms with Crippen molar-refractivity contribution in [1.82, 2.24) is 0 Å². The van der Waals surface area contributed by atoms with Crippen LogP contribution in [0, 0.1) is 6.92 Å². The summed E-state index contributed by atoms with van der Waals surface area (Å²) in [4.78, 5) is 11.4. The summed E-state index contributed by atoms with van der Waals surface area (Å²) in [5, 5.41) is 0. The lowest BCUT2D eigenvalue weighted by molar-refractivity contribution is 0.0600. The van der Waals surface area contributed by atoms with Crippen LogP contribution in [0.3, 0.4) is 0 Å². The van der Waals surface area contributed by atoms with Crippen LogP contribution in [0.25, 0.3) is 0 Å². The molecular formula is C13H17NO2. The zero-order valence-electron chi connectivity index (χ0n) is 9.75. The minimum absolute atomic E-state index is 0.167. The highest BCUT2D eigenvalue weighted by Crippen LogP contribution is 2.39. The van der Waals surface area contributed by atoms with Gasteiger partial charge in [0.1, 0.15) is 0 Å². The molecule has 0 saturated heterocycles. The molecule has 1 aromatic carbocycles. The molecule has 3 heteroatoms. The number of carbonyl (C=O) groups excluding carboxylic acids is 1. The summed E-state index contributed by atoms with van der Waals surface area (Å²) >= 11 is 0. The largest absolute Gasteiger partial charge is 0.465 e. The van der Waals surface area contributed by atoms with E-state index in [4.69, 9.17) is 10.5 Å². The average Bonchev–Trinajstić information content (AvgIpc) is 2.24. The molecule has 0 bridgehead atoms. The van der Waals surface area contributed by atoms with Gasteiger partial charge in [-0.2, -0.15) is 0 Å². The average molecular weight is 219 g/mol. The molecule has 1 aliphatic rings. The maximum absolute atomic E-state index is 11.4. The summed E-state index contributed by atoms with van der Waals surface area (Å²) < 4.78 is 4.71. The van der Waals surface area contributed by atoms with Gasteiger partial charge in [0.2, 0.25) is 0 Å². The Balaban J connectivity index is 2.32. The summed E-state index contributed by atoms with van der Waals surface area (Å²) in [6.45, 7) is 1.91. The fraction of sp³-hybridized carbons (Fsp3) is 0.462. The topological polar surface area (TPSA) is 52.3 Å². The second-order valence-electron chi connectivity index (χ2n) is 4.53. The van der Waals surface area contributed by atoms with Crippen LogP contribution in [0.2, 0.25) is 0 Å². The van der Waals surface area contributed by atoms with Gasteiger partial charge in [-0.25, -0.2) is 4.79 Å². The highest BCUT2D eigenvalue weighted by atomic mass is 16.5. The van der Waals surface area contributed by atoms with Gasteiger partial charge < -0.3 is 10.5 Å². The Bertz CT molecular complexity index is 422. The second kappa shape index (κ2) is 3.91. The molecule has 0 spiro atoms. The first-order valence-corrected chi connectivity index (χ1v) is 5.55. The number of methoxy groups -OCH3 is 1. The van der Waals surface area contributed by atoms with Gasteiger partial charge >= 0.3 is 5.97 Å². The van der Waals surface area contributed by atoms with Crippen molar-refractivity contribution in [3.63, 3.8) is 0 Å². The van der Waals surface area contributed by atoms with Gasteiger partial charge in [-0.1, -0.05) is 12.1 Å². The third-order valence-electron chi connectivity index (χ3n) is 3.45. The van der Waals surface area contributed by atoms with Crippen molar-refractivity contribution in [3.05, 3.63) is 34.9 Å². The molecule has 0 amide bonds. The van der Waals surface area contributed by atoms with E-state index in [1.165, 1.54) is 13.5 Å². The Morgan fingerprint density at radius 2 is 2.12 bits per heavy atom. The molecule has 2 N–H and O–H groups in total. The number of benzene rings is 1. The summed E-state index contributed by atoms with van der Waals surface area (Å²) in [6.07, 6.45) is 3.25. The van der Waals surface area contributed by atoms with Crippen LogP contribution in [0.4, 0.5) is 0 Å². The Hall–Kier alpha value is -1.35. The van der Waals surface area contributed by atoms with Crippen molar-refractivity contribution < 1.29 is 9.53 Å². The first-order valence-electron chi connectivity index (χ1n) is 5.55. The van der Waals surface area contributed by atoms with Gasteiger partial charge in [-0.3, -0.25) is 0 Å². The molecule has 0 atom stereocenters. The van der Waals surface area contributed by atoms with E-state index in [1.54, 1.807) is 0 Å². The number of nitrogens with two attached hydrogens (primary N) is 1. The van der Waals surface area contributed by atoms with Crippen LogP contribution in [-0.2, 0) is 10.3 Å². The molecule has 0 radical (unpaired) electrons. The Morgan fingerprint density at radius 1 is 1.44 bits per heavy atom. The fourth-order valence-electron chi connectivity index (χ4n) is 2.16. The molecule has 1 aliphatic carbocycles. The van der Waals surface area contributed by atoms with Crippen molar-refractivity contribution >= 4 is 5.97 Å². The lowest BCUT2D eigenvalue weighted by Crippen LogP contribution is -2.43. The van der Waals surface area contributed by atoms with Gasteiger partial charge in [0.05, 0.1) is 12.7 Å². The van der Waals surface area contributed by atoms with Gasteiger partial charge in [-0.15, -0.1) is 0 Å². The van der Waals surface area contributed by atoms with Crippen molar-refractivity contribution in [1.29, 1.82) is 0 Å². The molecule has 1 saturated carbocycles. The smallest absolute Gasteiger partial charge is 0.338 e. The Labute approximate surface area is 95.6 Å². The van der Waals surface area contributed by atoms with E-state index in [2.05, 4.69) is 0 Å². The monoisotopic (exact) mass is 219 g/mol. The Kier molecular flexibility index (Phi) is 2.72. The molecule has 0 aromatic heterocycles. The van der Waals surface area contributed by atoms with E-state index < -0.39 is 0 Å². The standard InChI is InChI=1S/C13H17NO2/c1-9-8-10(13(14)6-3-7-13)4-5-11(9)12(15)16-2/h4-5,8H,3,6-7,14H2,1-2H3. The minimum atomic E-state index is -0.288. The summed E-state index contributed by atoms with van der Waals surface area (Å²) in [5.41, 5.74) is 8.75. The predicted octanol–water partition coefficient (Wildman–Crippen LogP) is 2.12. The molecule has 0 heterocycles. The molecule has 2 rings (SSSR count). The number of hydrogen-bond donors (Lipinski definition) is 1. The van der Waals surface area contributed by atoms with Gasteiger partial charge in [0, 0.05) is 5.54 Å². The predicted molar refractivity (Wildman–Crippen MR) is 62.2 cm³/mol. The van der Waals surface area contributed by atoms with Crippen LogP contribution in [0.1, 0.15) is 40.7 Å². The van der Waals surface area contributed by atoms with E-state index in [0.29, 0.717) is 5.56 Å². The number of esters is 1. The lowest BCUT2D eigenvalue weighted by atomic mass is 9.72. The Morgan fingerprint density at radius 3 is 2.56 bits per heavy atom. The van der Waals surface area contributed by atoms with Gasteiger partial charge in [0.15, 0.2) is 0 Å². The van der Waals surface area contributed by atoms with E-state index >= 15 is 0 Å². The van der Waals surface area contributed by atoms with E-state index in [-0.39, 0.29) is 11.5 Å². The number of ether oxygens (including phenoxy) is 1. The molecule has 0 unspecified atom stereocenters. The fourth-order valence-corrected chi connectivity index (χ4v) is 2.16. The zero-order valence-corrected chi connectivity index (χ0v) is 9.75. The van der Waals surface area contributed by atoms with E-state index in [9.17, 15) is 4.79 Å². The highest BCUT2D eigenvalue weighted by molar-refractivity contribution is 5.91. The molecular weight excluding hydrogens is 202 g/mol.